The first kappa shape index (κ1) is 14.7. The van der Waals surface area contributed by atoms with Crippen molar-refractivity contribution in [2.75, 3.05) is 0 Å². The lowest BCUT2D eigenvalue weighted by Crippen LogP contribution is -2.43. The Labute approximate surface area is 108 Å². The van der Waals surface area contributed by atoms with Crippen LogP contribution >= 0.6 is 0 Å². The molecule has 1 aliphatic rings. The molecule has 3 unspecified atom stereocenters. The van der Waals surface area contributed by atoms with Gasteiger partial charge in [0.2, 0.25) is 5.91 Å². The van der Waals surface area contributed by atoms with Crippen molar-refractivity contribution in [3.63, 3.8) is 0 Å². The first-order chi connectivity index (χ1) is 8.32. The highest BCUT2D eigenvalue weighted by atomic mass is 16.4. The molecule has 1 saturated carbocycles. The summed E-state index contributed by atoms with van der Waals surface area (Å²) in [6, 6.07) is 0.172. The molecule has 0 radical (unpaired) electrons. The Morgan fingerprint density at radius 3 is 2.22 bits per heavy atom. The second kappa shape index (κ2) is 6.03. The van der Waals surface area contributed by atoms with Gasteiger partial charge in [0.05, 0.1) is 0 Å². The van der Waals surface area contributed by atoms with Gasteiger partial charge < -0.3 is 10.4 Å². The normalized spacial score (nSPS) is 29.4. The van der Waals surface area contributed by atoms with Gasteiger partial charge in [0.25, 0.3) is 0 Å². The molecule has 1 rings (SSSR count). The Kier molecular flexibility index (Phi) is 4.93. The van der Waals surface area contributed by atoms with Crippen molar-refractivity contribution in [1.29, 1.82) is 0 Å². The van der Waals surface area contributed by atoms with E-state index >= 15 is 0 Å². The average molecular weight is 253 g/mol. The summed E-state index contributed by atoms with van der Waals surface area (Å²) in [5, 5.41) is 11.8. The molecule has 0 saturated heterocycles. The SMILES string of the molecule is CC(C(=O)O)=C(C)C(=O)NC1CCC(C)CC1C. The molecule has 18 heavy (non-hydrogen) atoms. The van der Waals surface area contributed by atoms with Gasteiger partial charge in [-0.2, -0.15) is 0 Å². The molecule has 0 bridgehead atoms. The van der Waals surface area contributed by atoms with Crippen LogP contribution in [0.25, 0.3) is 0 Å². The third-order valence-corrected chi connectivity index (χ3v) is 3.97. The van der Waals surface area contributed by atoms with Crippen molar-refractivity contribution in [1.82, 2.24) is 5.32 Å². The monoisotopic (exact) mass is 253 g/mol. The average Bonchev–Trinajstić information content (AvgIpc) is 2.30. The van der Waals surface area contributed by atoms with Crippen molar-refractivity contribution < 1.29 is 14.7 Å². The molecule has 0 aliphatic heterocycles. The number of carbonyl (C=O) groups is 2. The van der Waals surface area contributed by atoms with Gasteiger partial charge in [-0.15, -0.1) is 0 Å². The van der Waals surface area contributed by atoms with Crippen LogP contribution in [0.5, 0.6) is 0 Å². The van der Waals surface area contributed by atoms with Crippen molar-refractivity contribution in [2.24, 2.45) is 11.8 Å². The van der Waals surface area contributed by atoms with Gasteiger partial charge in [0.15, 0.2) is 0 Å². The number of carboxylic acids is 1. The zero-order valence-corrected chi connectivity index (χ0v) is 11.6. The van der Waals surface area contributed by atoms with E-state index in [-0.39, 0.29) is 17.5 Å². The summed E-state index contributed by atoms with van der Waals surface area (Å²) in [6.07, 6.45) is 3.22. The van der Waals surface area contributed by atoms with Crippen LogP contribution in [0.3, 0.4) is 0 Å². The first-order valence-electron chi connectivity index (χ1n) is 6.54. The Morgan fingerprint density at radius 1 is 1.11 bits per heavy atom. The minimum atomic E-state index is -1.03. The molecule has 0 spiro atoms. The molecule has 3 atom stereocenters. The van der Waals surface area contributed by atoms with Crippen LogP contribution in [0.1, 0.15) is 47.0 Å². The van der Waals surface area contributed by atoms with Gasteiger partial charge in [0.1, 0.15) is 0 Å². The zero-order valence-electron chi connectivity index (χ0n) is 11.6. The molecule has 0 aromatic carbocycles. The summed E-state index contributed by atoms with van der Waals surface area (Å²) in [5.74, 6) is -0.115. The summed E-state index contributed by atoms with van der Waals surface area (Å²) >= 11 is 0. The summed E-state index contributed by atoms with van der Waals surface area (Å²) in [4.78, 5) is 22.8. The third-order valence-electron chi connectivity index (χ3n) is 3.97. The fourth-order valence-electron chi connectivity index (χ4n) is 2.49. The minimum Gasteiger partial charge on any atom is -0.478 e. The summed E-state index contributed by atoms with van der Waals surface area (Å²) < 4.78 is 0. The lowest BCUT2D eigenvalue weighted by atomic mass is 9.80. The number of carbonyl (C=O) groups excluding carboxylic acids is 1. The Bertz CT molecular complexity index is 373. The largest absolute Gasteiger partial charge is 0.478 e. The van der Waals surface area contributed by atoms with E-state index in [2.05, 4.69) is 19.2 Å². The van der Waals surface area contributed by atoms with Crippen LogP contribution in [0, 0.1) is 11.8 Å². The van der Waals surface area contributed by atoms with Crippen LogP contribution in [-0.4, -0.2) is 23.0 Å². The maximum atomic E-state index is 12.0. The molecule has 4 nitrogen and oxygen atoms in total. The van der Waals surface area contributed by atoms with Crippen LogP contribution in [0.2, 0.25) is 0 Å². The standard InChI is InChI=1S/C14H23NO3/c1-8-5-6-12(9(2)7-8)15-13(16)10(3)11(4)14(17)18/h8-9,12H,5-7H2,1-4H3,(H,15,16)(H,17,18). The highest BCUT2D eigenvalue weighted by molar-refractivity contribution is 6.01. The van der Waals surface area contributed by atoms with E-state index < -0.39 is 5.97 Å². The van der Waals surface area contributed by atoms with E-state index in [0.717, 1.165) is 19.3 Å². The van der Waals surface area contributed by atoms with E-state index in [1.807, 2.05) is 0 Å². The highest BCUT2D eigenvalue weighted by Gasteiger charge is 2.27. The molecule has 0 aromatic heterocycles. The molecule has 1 fully saturated rings. The second-order valence-electron chi connectivity index (χ2n) is 5.53. The van der Waals surface area contributed by atoms with Crippen LogP contribution in [0.4, 0.5) is 0 Å². The fourth-order valence-corrected chi connectivity index (χ4v) is 2.49. The lowest BCUT2D eigenvalue weighted by molar-refractivity contribution is -0.133. The van der Waals surface area contributed by atoms with E-state index in [1.54, 1.807) is 6.92 Å². The summed E-state index contributed by atoms with van der Waals surface area (Å²) in [7, 11) is 0. The molecule has 2 N–H and O–H groups in total. The van der Waals surface area contributed by atoms with Crippen LogP contribution < -0.4 is 5.32 Å². The number of hydrogen-bond acceptors (Lipinski definition) is 2. The first-order valence-corrected chi connectivity index (χ1v) is 6.54. The van der Waals surface area contributed by atoms with Gasteiger partial charge >= 0.3 is 5.97 Å². The summed E-state index contributed by atoms with van der Waals surface area (Å²) in [6.45, 7) is 7.40. The van der Waals surface area contributed by atoms with Crippen molar-refractivity contribution >= 4 is 11.9 Å². The maximum absolute atomic E-state index is 12.0. The number of rotatable bonds is 3. The number of hydrogen-bond donors (Lipinski definition) is 2. The fraction of sp³-hybridized carbons (Fsp3) is 0.714. The molecule has 4 heteroatoms. The van der Waals surface area contributed by atoms with Crippen LogP contribution in [-0.2, 0) is 9.59 Å². The molecule has 0 aromatic rings. The zero-order chi connectivity index (χ0) is 13.9. The van der Waals surface area contributed by atoms with Crippen LogP contribution in [0.15, 0.2) is 11.1 Å². The summed E-state index contributed by atoms with van der Waals surface area (Å²) in [5.41, 5.74) is 0.414. The predicted molar refractivity (Wildman–Crippen MR) is 70.1 cm³/mol. The molecular weight excluding hydrogens is 230 g/mol. The highest BCUT2D eigenvalue weighted by Crippen LogP contribution is 2.28. The van der Waals surface area contributed by atoms with Gasteiger partial charge in [-0.3, -0.25) is 4.79 Å². The van der Waals surface area contributed by atoms with Gasteiger partial charge in [0, 0.05) is 17.2 Å². The van der Waals surface area contributed by atoms with Gasteiger partial charge in [-0.05, 0) is 44.9 Å². The quantitative estimate of drug-likeness (QED) is 0.759. The van der Waals surface area contributed by atoms with E-state index in [9.17, 15) is 9.59 Å². The van der Waals surface area contributed by atoms with Crippen molar-refractivity contribution in [2.45, 2.75) is 53.0 Å². The Balaban J connectivity index is 2.65. The number of carboxylic acid groups (broad SMARTS) is 1. The molecular formula is C14H23NO3. The van der Waals surface area contributed by atoms with E-state index in [4.69, 9.17) is 5.11 Å². The molecule has 1 amide bonds. The Hall–Kier alpha value is -1.32. The maximum Gasteiger partial charge on any atom is 0.331 e. The number of nitrogens with one attached hydrogen (secondary N) is 1. The third kappa shape index (κ3) is 3.59. The number of amides is 1. The second-order valence-corrected chi connectivity index (χ2v) is 5.53. The minimum absolute atomic E-state index is 0.115. The Morgan fingerprint density at radius 2 is 1.72 bits per heavy atom. The predicted octanol–water partition coefficient (Wildman–Crippen LogP) is 2.35. The molecule has 1 aliphatic carbocycles. The van der Waals surface area contributed by atoms with Gasteiger partial charge in [-0.25, -0.2) is 4.79 Å². The van der Waals surface area contributed by atoms with E-state index in [0.29, 0.717) is 17.4 Å². The smallest absolute Gasteiger partial charge is 0.331 e. The van der Waals surface area contributed by atoms with E-state index in [1.165, 1.54) is 6.92 Å². The molecule has 102 valence electrons. The van der Waals surface area contributed by atoms with Crippen molar-refractivity contribution in [3.8, 4) is 0 Å². The lowest BCUT2D eigenvalue weighted by Gasteiger charge is -2.33. The van der Waals surface area contributed by atoms with Gasteiger partial charge in [-0.1, -0.05) is 13.8 Å². The topological polar surface area (TPSA) is 66.4 Å². The molecule has 0 heterocycles. The van der Waals surface area contributed by atoms with Crippen molar-refractivity contribution in [3.05, 3.63) is 11.1 Å². The number of aliphatic carboxylic acids is 1.